The van der Waals surface area contributed by atoms with Crippen LogP contribution in [0.25, 0.3) is 0 Å². The first kappa shape index (κ1) is 88.8. The molecular formula is C85H161NO5. The molecule has 91 heavy (non-hydrogen) atoms. The molecule has 0 fully saturated rings. The number of ether oxygens (including phenoxy) is 1. The van der Waals surface area contributed by atoms with Crippen molar-refractivity contribution in [3.05, 3.63) is 48.6 Å². The van der Waals surface area contributed by atoms with Gasteiger partial charge >= 0.3 is 5.97 Å². The van der Waals surface area contributed by atoms with Crippen molar-refractivity contribution in [1.82, 2.24) is 5.32 Å². The van der Waals surface area contributed by atoms with E-state index in [9.17, 15) is 19.8 Å². The summed E-state index contributed by atoms with van der Waals surface area (Å²) >= 11 is 0. The Balaban J connectivity index is 3.38. The van der Waals surface area contributed by atoms with Crippen LogP contribution in [0.1, 0.15) is 457 Å². The van der Waals surface area contributed by atoms with Gasteiger partial charge in [-0.25, -0.2) is 0 Å². The van der Waals surface area contributed by atoms with Gasteiger partial charge in [-0.2, -0.15) is 0 Å². The van der Waals surface area contributed by atoms with Gasteiger partial charge in [0.15, 0.2) is 0 Å². The highest BCUT2D eigenvalue weighted by molar-refractivity contribution is 5.76. The van der Waals surface area contributed by atoms with Gasteiger partial charge in [0, 0.05) is 12.8 Å². The van der Waals surface area contributed by atoms with Crippen LogP contribution in [0.15, 0.2) is 48.6 Å². The number of carbonyl (C=O) groups excluding carboxylic acids is 2. The number of hydrogen-bond donors (Lipinski definition) is 3. The summed E-state index contributed by atoms with van der Waals surface area (Å²) in [6, 6.07) is -0.627. The molecule has 536 valence electrons. The summed E-state index contributed by atoms with van der Waals surface area (Å²) in [4.78, 5) is 24.6. The van der Waals surface area contributed by atoms with E-state index in [-0.39, 0.29) is 18.5 Å². The predicted octanol–water partition coefficient (Wildman–Crippen LogP) is 27.5. The third kappa shape index (κ3) is 76.7. The lowest BCUT2D eigenvalue weighted by molar-refractivity contribution is -0.143. The Morgan fingerprint density at radius 2 is 0.549 bits per heavy atom. The van der Waals surface area contributed by atoms with Crippen LogP contribution in [0.3, 0.4) is 0 Å². The zero-order chi connectivity index (χ0) is 65.6. The average Bonchev–Trinajstić information content (AvgIpc) is 3.66. The van der Waals surface area contributed by atoms with E-state index in [4.69, 9.17) is 4.74 Å². The molecule has 2 unspecified atom stereocenters. The molecule has 0 aliphatic carbocycles. The zero-order valence-electron chi connectivity index (χ0n) is 61.6. The van der Waals surface area contributed by atoms with Crippen molar-refractivity contribution in [1.29, 1.82) is 0 Å². The maximum Gasteiger partial charge on any atom is 0.305 e. The van der Waals surface area contributed by atoms with Gasteiger partial charge in [-0.3, -0.25) is 9.59 Å². The van der Waals surface area contributed by atoms with Crippen molar-refractivity contribution in [3.63, 3.8) is 0 Å². The second-order valence-electron chi connectivity index (χ2n) is 28.4. The second-order valence-corrected chi connectivity index (χ2v) is 28.4. The van der Waals surface area contributed by atoms with Gasteiger partial charge in [0.2, 0.25) is 5.91 Å². The second kappa shape index (κ2) is 80.3. The van der Waals surface area contributed by atoms with Crippen molar-refractivity contribution in [3.8, 4) is 0 Å². The van der Waals surface area contributed by atoms with Crippen LogP contribution in [0, 0.1) is 0 Å². The van der Waals surface area contributed by atoms with Crippen molar-refractivity contribution < 1.29 is 24.5 Å². The molecule has 0 spiro atoms. The molecule has 0 radical (unpaired) electrons. The van der Waals surface area contributed by atoms with E-state index in [2.05, 4.69) is 55.6 Å². The minimum absolute atomic E-state index is 0.0121. The molecule has 0 aromatic heterocycles. The third-order valence-corrected chi connectivity index (χ3v) is 19.3. The van der Waals surface area contributed by atoms with Gasteiger partial charge in [0.1, 0.15) is 0 Å². The molecule has 0 rings (SSSR count). The molecular weight excluding hydrogens is 1110 g/mol. The van der Waals surface area contributed by atoms with Crippen LogP contribution >= 0.6 is 0 Å². The Kier molecular flexibility index (Phi) is 78.3. The summed E-state index contributed by atoms with van der Waals surface area (Å²) in [6.45, 7) is 4.94. The van der Waals surface area contributed by atoms with Crippen molar-refractivity contribution in [2.24, 2.45) is 0 Å². The highest BCUT2D eigenvalue weighted by atomic mass is 16.5. The first-order chi connectivity index (χ1) is 45.0. The maximum atomic E-state index is 12.5. The predicted molar refractivity (Wildman–Crippen MR) is 402 cm³/mol. The average molecular weight is 1280 g/mol. The fourth-order valence-corrected chi connectivity index (χ4v) is 13.0. The number of hydrogen-bond acceptors (Lipinski definition) is 5. The molecule has 6 heteroatoms. The first-order valence-corrected chi connectivity index (χ1v) is 41.4. The SMILES string of the molecule is CCCCCCC/C=C\CCCCCCCC(=O)OCCCCCCCCCCCCCCCCC/C=C\C/C=C\CCCCCCCCCCCCCCCCCCCC(=O)NC(CO)C(O)/C=C/CCCCCCCCCCCCCCCCCCCCC. The summed E-state index contributed by atoms with van der Waals surface area (Å²) in [5, 5.41) is 23.3. The summed E-state index contributed by atoms with van der Waals surface area (Å²) in [5.74, 6) is -0.0485. The monoisotopic (exact) mass is 1280 g/mol. The first-order valence-electron chi connectivity index (χ1n) is 41.4. The lowest BCUT2D eigenvalue weighted by Crippen LogP contribution is -2.45. The smallest absolute Gasteiger partial charge is 0.305 e. The zero-order valence-corrected chi connectivity index (χ0v) is 61.6. The number of unbranched alkanes of at least 4 members (excludes halogenated alkanes) is 61. The van der Waals surface area contributed by atoms with E-state index in [1.807, 2.05) is 6.08 Å². The maximum absolute atomic E-state index is 12.5. The Morgan fingerprint density at radius 3 is 0.846 bits per heavy atom. The largest absolute Gasteiger partial charge is 0.466 e. The fraction of sp³-hybridized carbons (Fsp3) is 0.882. The van der Waals surface area contributed by atoms with Crippen LogP contribution in [0.2, 0.25) is 0 Å². The Morgan fingerprint density at radius 1 is 0.308 bits per heavy atom. The number of rotatable bonds is 78. The number of esters is 1. The molecule has 0 saturated heterocycles. The van der Waals surface area contributed by atoms with E-state index in [1.165, 1.54) is 379 Å². The molecule has 0 bridgehead atoms. The molecule has 0 saturated carbocycles. The molecule has 0 aliphatic rings. The molecule has 0 aromatic carbocycles. The third-order valence-electron chi connectivity index (χ3n) is 19.3. The standard InChI is InChI=1S/C85H161NO5/c1-3-5-7-9-11-13-15-17-19-20-21-41-44-47-50-53-57-61-65-69-73-77-83(88)82(81-87)86-84(89)78-74-70-66-62-58-54-51-48-45-42-39-37-35-33-31-29-27-25-23-22-24-26-28-30-32-34-36-38-40-43-46-49-52-56-60-64-68-72-76-80-91-85(90)79-75-71-67-63-59-55-18-16-14-12-10-8-6-4-2/h16,18,22-23,26,28,73,77,82-83,87-88H,3-15,17,19-21,24-25,27,29-72,74-76,78-81H2,1-2H3,(H,86,89)/b18-16-,23-22-,28-26-,77-73+. The van der Waals surface area contributed by atoms with Gasteiger partial charge < -0.3 is 20.3 Å². The molecule has 0 aromatic rings. The highest BCUT2D eigenvalue weighted by Gasteiger charge is 2.18. The molecule has 0 aliphatic heterocycles. The fourth-order valence-electron chi connectivity index (χ4n) is 13.0. The Hall–Kier alpha value is -2.18. The molecule has 2 atom stereocenters. The van der Waals surface area contributed by atoms with E-state index in [0.29, 0.717) is 19.4 Å². The van der Waals surface area contributed by atoms with Gasteiger partial charge in [-0.1, -0.05) is 403 Å². The number of aliphatic hydroxyl groups is 2. The summed E-state index contributed by atoms with van der Waals surface area (Å²) in [7, 11) is 0. The minimum Gasteiger partial charge on any atom is -0.466 e. The number of carbonyl (C=O) groups is 2. The van der Waals surface area contributed by atoms with E-state index in [0.717, 1.165) is 51.4 Å². The van der Waals surface area contributed by atoms with Gasteiger partial charge in [0.25, 0.3) is 0 Å². The molecule has 6 nitrogen and oxygen atoms in total. The lowest BCUT2D eigenvalue weighted by Gasteiger charge is -2.20. The highest BCUT2D eigenvalue weighted by Crippen LogP contribution is 2.20. The van der Waals surface area contributed by atoms with E-state index < -0.39 is 12.1 Å². The normalized spacial score (nSPS) is 12.7. The van der Waals surface area contributed by atoms with Crippen LogP contribution in [-0.4, -0.2) is 47.4 Å². The van der Waals surface area contributed by atoms with E-state index in [1.54, 1.807) is 6.08 Å². The number of nitrogens with one attached hydrogen (secondary N) is 1. The number of aliphatic hydroxyl groups excluding tert-OH is 2. The topological polar surface area (TPSA) is 95.9 Å². The van der Waals surface area contributed by atoms with Crippen LogP contribution < -0.4 is 5.32 Å². The van der Waals surface area contributed by atoms with Crippen molar-refractivity contribution in [2.75, 3.05) is 13.2 Å². The van der Waals surface area contributed by atoms with Gasteiger partial charge in [0.05, 0.1) is 25.4 Å². The summed E-state index contributed by atoms with van der Waals surface area (Å²) in [6.07, 6.45) is 107. The molecule has 1 amide bonds. The number of amides is 1. The minimum atomic E-state index is -0.844. The van der Waals surface area contributed by atoms with Crippen LogP contribution in [0.5, 0.6) is 0 Å². The van der Waals surface area contributed by atoms with Gasteiger partial charge in [-0.15, -0.1) is 0 Å². The molecule has 0 heterocycles. The molecule has 3 N–H and O–H groups in total. The van der Waals surface area contributed by atoms with Crippen LogP contribution in [-0.2, 0) is 14.3 Å². The van der Waals surface area contributed by atoms with Gasteiger partial charge in [-0.05, 0) is 89.9 Å². The quantitative estimate of drug-likeness (QED) is 0.0320. The number of allylic oxidation sites excluding steroid dienone is 7. The lowest BCUT2D eigenvalue weighted by atomic mass is 10.0. The van der Waals surface area contributed by atoms with Crippen molar-refractivity contribution in [2.45, 2.75) is 469 Å². The summed E-state index contributed by atoms with van der Waals surface area (Å²) in [5.41, 5.74) is 0. The van der Waals surface area contributed by atoms with Crippen LogP contribution in [0.4, 0.5) is 0 Å². The summed E-state index contributed by atoms with van der Waals surface area (Å²) < 4.78 is 5.49. The Bertz CT molecular complexity index is 1520. The van der Waals surface area contributed by atoms with E-state index >= 15 is 0 Å². The Labute approximate surface area is 569 Å². The van der Waals surface area contributed by atoms with Crippen molar-refractivity contribution >= 4 is 11.9 Å².